The van der Waals surface area contributed by atoms with Crippen LogP contribution >= 0.6 is 23.2 Å². The lowest BCUT2D eigenvalue weighted by molar-refractivity contribution is -0.155. The van der Waals surface area contributed by atoms with Crippen LogP contribution in [0.2, 0.25) is 10.0 Å². The second-order valence-corrected chi connectivity index (χ2v) is 7.94. The average molecular weight is 447 g/mol. The molecular formula is C14H15Cl2F3N4O3S. The minimum Gasteiger partial charge on any atom is -0.454 e. The number of nitrogens with one attached hydrogen (secondary N) is 1. The molecule has 0 saturated heterocycles. The van der Waals surface area contributed by atoms with E-state index in [0.29, 0.717) is 0 Å². The molecule has 1 N–H and O–H groups in total. The quantitative estimate of drug-likeness (QED) is 0.702. The highest BCUT2D eigenvalue weighted by Gasteiger charge is 2.30. The molecule has 0 radical (unpaired) electrons. The third kappa shape index (κ3) is 5.47. The molecule has 7 nitrogen and oxygen atoms in total. The van der Waals surface area contributed by atoms with Crippen molar-refractivity contribution in [2.75, 3.05) is 6.61 Å². The van der Waals surface area contributed by atoms with E-state index >= 15 is 0 Å². The monoisotopic (exact) mass is 446 g/mol. The topological polar surface area (TPSA) is 86.1 Å². The maximum absolute atomic E-state index is 12.5. The Morgan fingerprint density at radius 3 is 2.48 bits per heavy atom. The van der Waals surface area contributed by atoms with Crippen LogP contribution in [0.25, 0.3) is 0 Å². The number of alkyl halides is 3. The number of nitrogens with zero attached hydrogens (tertiary/aromatic N) is 3. The Morgan fingerprint density at radius 1 is 1.26 bits per heavy atom. The van der Waals surface area contributed by atoms with E-state index < -0.39 is 28.8 Å². The second kappa shape index (κ2) is 8.21. The Hall–Kier alpha value is -1.56. The van der Waals surface area contributed by atoms with Crippen molar-refractivity contribution in [3.8, 4) is 6.01 Å². The molecule has 0 aliphatic heterocycles. The summed E-state index contributed by atoms with van der Waals surface area (Å²) in [5.74, 6) is 0.0957. The molecule has 0 saturated carbocycles. The van der Waals surface area contributed by atoms with E-state index in [1.165, 1.54) is 29.7 Å². The Morgan fingerprint density at radius 2 is 1.93 bits per heavy atom. The lowest BCUT2D eigenvalue weighted by Gasteiger charge is -2.16. The highest BCUT2D eigenvalue weighted by atomic mass is 35.5. The first-order valence-corrected chi connectivity index (χ1v) is 9.78. The maximum Gasteiger partial charge on any atom is 0.422 e. The van der Waals surface area contributed by atoms with Crippen molar-refractivity contribution >= 4 is 33.2 Å². The molecular weight excluding hydrogens is 432 g/mol. The number of halogens is 5. The zero-order valence-electron chi connectivity index (χ0n) is 14.1. The van der Waals surface area contributed by atoms with Crippen molar-refractivity contribution in [2.24, 2.45) is 0 Å². The zero-order chi connectivity index (χ0) is 20.4. The number of rotatable bonds is 7. The fraction of sp³-hybridized carbons (Fsp3) is 0.429. The molecule has 13 heteroatoms. The summed E-state index contributed by atoms with van der Waals surface area (Å²) in [6, 6.07) is 2.53. The van der Waals surface area contributed by atoms with Gasteiger partial charge in [-0.1, -0.05) is 28.3 Å². The van der Waals surface area contributed by atoms with Gasteiger partial charge in [0.15, 0.2) is 12.4 Å². The summed E-state index contributed by atoms with van der Waals surface area (Å²) < 4.78 is 70.2. The fourth-order valence-corrected chi connectivity index (χ4v) is 3.76. The van der Waals surface area contributed by atoms with Gasteiger partial charge in [-0.05, 0) is 32.0 Å². The number of hydrogen-bond acceptors (Lipinski definition) is 5. The molecule has 0 bridgehead atoms. The largest absolute Gasteiger partial charge is 0.454 e. The first kappa shape index (κ1) is 21.7. The Labute approximate surface area is 163 Å². The van der Waals surface area contributed by atoms with Gasteiger partial charge in [0, 0.05) is 6.54 Å². The van der Waals surface area contributed by atoms with Crippen LogP contribution in [0.15, 0.2) is 23.1 Å². The van der Waals surface area contributed by atoms with Crippen LogP contribution in [0.3, 0.4) is 0 Å². The normalized spacial score (nSPS) is 13.6. The van der Waals surface area contributed by atoms with Gasteiger partial charge in [0.05, 0.1) is 21.0 Å². The second-order valence-electron chi connectivity index (χ2n) is 5.41. The molecule has 150 valence electrons. The average Bonchev–Trinajstić information content (AvgIpc) is 2.97. The van der Waals surface area contributed by atoms with E-state index in [1.54, 1.807) is 6.92 Å². The molecule has 27 heavy (non-hydrogen) atoms. The standard InChI is InChI=1S/C14H15Cl2F3N4O3S/c1-3-23-12(20-21-13(23)26-7-14(17,18)19)8(2)22-27(24,25)9-4-5-10(15)11(16)6-9/h4-6,8,22H,3,7H2,1-2H3/t8-/m1/s1. The van der Waals surface area contributed by atoms with Crippen molar-refractivity contribution in [2.45, 2.75) is 37.5 Å². The van der Waals surface area contributed by atoms with Crippen LogP contribution in [-0.2, 0) is 16.6 Å². The lowest BCUT2D eigenvalue weighted by atomic mass is 10.3. The highest BCUT2D eigenvalue weighted by Crippen LogP contribution is 2.26. The number of hydrogen-bond donors (Lipinski definition) is 1. The van der Waals surface area contributed by atoms with E-state index in [9.17, 15) is 21.6 Å². The third-order valence-corrected chi connectivity index (χ3v) is 5.62. The van der Waals surface area contributed by atoms with Gasteiger partial charge < -0.3 is 4.74 Å². The van der Waals surface area contributed by atoms with Crippen LogP contribution in [0.4, 0.5) is 13.2 Å². The molecule has 2 rings (SSSR count). The molecule has 0 amide bonds. The Kier molecular flexibility index (Phi) is 6.61. The third-order valence-electron chi connectivity index (χ3n) is 3.35. The van der Waals surface area contributed by atoms with Crippen molar-refractivity contribution < 1.29 is 26.3 Å². The van der Waals surface area contributed by atoms with Gasteiger partial charge in [-0.2, -0.15) is 13.2 Å². The number of sulfonamides is 1. The summed E-state index contributed by atoms with van der Waals surface area (Å²) >= 11 is 11.6. The molecule has 1 atom stereocenters. The fourth-order valence-electron chi connectivity index (χ4n) is 2.17. The number of ether oxygens (including phenoxy) is 1. The van der Waals surface area contributed by atoms with Crippen LogP contribution in [0.1, 0.15) is 25.7 Å². The SMILES string of the molecule is CCn1c(OCC(F)(F)F)nnc1[C@@H](C)NS(=O)(=O)c1ccc(Cl)c(Cl)c1. The number of aromatic nitrogens is 3. The van der Waals surface area contributed by atoms with Crippen LogP contribution in [0, 0.1) is 0 Å². The van der Waals surface area contributed by atoms with Gasteiger partial charge in [-0.3, -0.25) is 4.57 Å². The Balaban J connectivity index is 2.23. The molecule has 0 spiro atoms. The van der Waals surface area contributed by atoms with Gasteiger partial charge >= 0.3 is 12.2 Å². The predicted molar refractivity (Wildman–Crippen MR) is 92.4 cm³/mol. The van der Waals surface area contributed by atoms with Gasteiger partial charge in [-0.15, -0.1) is 5.10 Å². The van der Waals surface area contributed by atoms with Gasteiger partial charge in [-0.25, -0.2) is 13.1 Å². The molecule has 0 fully saturated rings. The molecule has 1 aromatic heterocycles. The number of benzene rings is 1. The van der Waals surface area contributed by atoms with Crippen LogP contribution < -0.4 is 9.46 Å². The molecule has 0 aliphatic carbocycles. The van der Waals surface area contributed by atoms with E-state index in [0.717, 1.165) is 0 Å². The summed E-state index contributed by atoms with van der Waals surface area (Å²) in [7, 11) is -3.99. The van der Waals surface area contributed by atoms with Gasteiger partial charge in [0.25, 0.3) is 0 Å². The predicted octanol–water partition coefficient (Wildman–Crippen LogP) is 3.59. The minimum absolute atomic E-state index is 0.0618. The Bertz CT molecular complexity index is 919. The van der Waals surface area contributed by atoms with Gasteiger partial charge in [0.2, 0.25) is 10.0 Å². The van der Waals surface area contributed by atoms with Crippen molar-refractivity contribution in [3.63, 3.8) is 0 Å². The lowest BCUT2D eigenvalue weighted by Crippen LogP contribution is -2.29. The first-order chi connectivity index (χ1) is 12.4. The van der Waals surface area contributed by atoms with Crippen molar-refractivity contribution in [1.82, 2.24) is 19.5 Å². The zero-order valence-corrected chi connectivity index (χ0v) is 16.4. The van der Waals surface area contributed by atoms with Crippen molar-refractivity contribution in [1.29, 1.82) is 0 Å². The van der Waals surface area contributed by atoms with Crippen LogP contribution in [0.5, 0.6) is 6.01 Å². The first-order valence-electron chi connectivity index (χ1n) is 7.54. The van der Waals surface area contributed by atoms with Crippen LogP contribution in [-0.4, -0.2) is 36.0 Å². The van der Waals surface area contributed by atoms with Crippen molar-refractivity contribution in [3.05, 3.63) is 34.1 Å². The van der Waals surface area contributed by atoms with E-state index in [4.69, 9.17) is 23.2 Å². The van der Waals surface area contributed by atoms with E-state index in [1.807, 2.05) is 0 Å². The summed E-state index contributed by atoms with van der Waals surface area (Å²) in [5.41, 5.74) is 0. The summed E-state index contributed by atoms with van der Waals surface area (Å²) in [5, 5.41) is 7.56. The summed E-state index contributed by atoms with van der Waals surface area (Å²) in [6.45, 7) is 1.75. The maximum atomic E-state index is 12.5. The molecule has 2 aromatic rings. The summed E-state index contributed by atoms with van der Waals surface area (Å²) in [4.78, 5) is -0.125. The molecule has 1 heterocycles. The van der Waals surface area contributed by atoms with E-state index in [2.05, 4.69) is 19.7 Å². The molecule has 1 aromatic carbocycles. The summed E-state index contributed by atoms with van der Waals surface area (Å²) in [6.07, 6.45) is -4.54. The highest BCUT2D eigenvalue weighted by molar-refractivity contribution is 7.89. The molecule has 0 aliphatic rings. The van der Waals surface area contributed by atoms with E-state index in [-0.39, 0.29) is 33.3 Å². The smallest absolute Gasteiger partial charge is 0.422 e. The van der Waals surface area contributed by atoms with Gasteiger partial charge in [0.1, 0.15) is 0 Å². The molecule has 0 unspecified atom stereocenters. The minimum atomic E-state index is -4.54.